The van der Waals surface area contributed by atoms with Gasteiger partial charge in [-0.05, 0) is 49.4 Å². The molecule has 116 valence electrons. The van der Waals surface area contributed by atoms with Gasteiger partial charge in [0.1, 0.15) is 11.0 Å². The van der Waals surface area contributed by atoms with Gasteiger partial charge in [-0.25, -0.2) is 0 Å². The molecule has 1 aromatic heterocycles. The fourth-order valence-electron chi connectivity index (χ4n) is 2.01. The lowest BCUT2D eigenvalue weighted by molar-refractivity contribution is -0.116. The number of thiophene rings is 1. The standard InChI is InChI=1S/C16H19N3O2S/c1-9-4-5-10(2)13(8-9)18-11(3)15(21)19-16-12(14(17)20)6-7-22-16/h4-8,11,18H,1-3H3,(H2,17,20)(H,19,21)/t11-/m0/s1. The number of anilines is 2. The van der Waals surface area contributed by atoms with E-state index in [1.54, 1.807) is 18.4 Å². The molecule has 1 atom stereocenters. The molecule has 0 radical (unpaired) electrons. The van der Waals surface area contributed by atoms with Crippen molar-refractivity contribution in [2.45, 2.75) is 26.8 Å². The average molecular weight is 317 g/mol. The van der Waals surface area contributed by atoms with Crippen LogP contribution in [0.2, 0.25) is 0 Å². The molecule has 1 heterocycles. The van der Waals surface area contributed by atoms with E-state index in [-0.39, 0.29) is 5.91 Å². The molecule has 0 spiro atoms. The number of hydrogen-bond donors (Lipinski definition) is 3. The maximum atomic E-state index is 12.3. The Morgan fingerprint density at radius 1 is 1.23 bits per heavy atom. The summed E-state index contributed by atoms with van der Waals surface area (Å²) in [4.78, 5) is 23.5. The highest BCUT2D eigenvalue weighted by atomic mass is 32.1. The first-order chi connectivity index (χ1) is 10.4. The molecule has 0 saturated heterocycles. The smallest absolute Gasteiger partial charge is 0.251 e. The SMILES string of the molecule is Cc1ccc(C)c(N[C@@H](C)C(=O)Nc2sccc2C(N)=O)c1. The zero-order valence-electron chi connectivity index (χ0n) is 12.8. The molecule has 4 N–H and O–H groups in total. The van der Waals surface area contributed by atoms with Gasteiger partial charge in [-0.2, -0.15) is 0 Å². The van der Waals surface area contributed by atoms with Crippen LogP contribution < -0.4 is 16.4 Å². The molecule has 2 amide bonds. The fraction of sp³-hybridized carbons (Fsp3) is 0.250. The molecule has 2 rings (SSSR count). The zero-order chi connectivity index (χ0) is 16.3. The quantitative estimate of drug-likeness (QED) is 0.793. The van der Waals surface area contributed by atoms with E-state index in [4.69, 9.17) is 5.73 Å². The average Bonchev–Trinajstić information content (AvgIpc) is 2.91. The monoisotopic (exact) mass is 317 g/mol. The van der Waals surface area contributed by atoms with E-state index in [1.807, 2.05) is 32.0 Å². The first kappa shape index (κ1) is 16.0. The number of amides is 2. The summed E-state index contributed by atoms with van der Waals surface area (Å²) in [7, 11) is 0. The molecule has 1 aromatic carbocycles. The molecule has 0 aliphatic carbocycles. The van der Waals surface area contributed by atoms with Crippen LogP contribution in [0.25, 0.3) is 0 Å². The van der Waals surface area contributed by atoms with Gasteiger partial charge in [0.15, 0.2) is 0 Å². The second-order valence-electron chi connectivity index (χ2n) is 5.20. The summed E-state index contributed by atoms with van der Waals surface area (Å²) >= 11 is 1.27. The lowest BCUT2D eigenvalue weighted by atomic mass is 10.1. The van der Waals surface area contributed by atoms with Crippen LogP contribution in [0.5, 0.6) is 0 Å². The largest absolute Gasteiger partial charge is 0.374 e. The Kier molecular flexibility index (Phi) is 4.82. The van der Waals surface area contributed by atoms with E-state index in [0.717, 1.165) is 16.8 Å². The molecule has 0 fully saturated rings. The molecule has 5 nitrogen and oxygen atoms in total. The number of aryl methyl sites for hydroxylation is 2. The normalized spacial score (nSPS) is 11.8. The number of benzene rings is 1. The molecule has 0 bridgehead atoms. The molecule has 0 unspecified atom stereocenters. The lowest BCUT2D eigenvalue weighted by Gasteiger charge is -2.17. The second kappa shape index (κ2) is 6.62. The molecule has 6 heteroatoms. The van der Waals surface area contributed by atoms with Crippen molar-refractivity contribution in [3.05, 3.63) is 46.3 Å². The van der Waals surface area contributed by atoms with E-state index < -0.39 is 11.9 Å². The summed E-state index contributed by atoms with van der Waals surface area (Å²) in [5.41, 5.74) is 8.71. The Morgan fingerprint density at radius 2 is 1.95 bits per heavy atom. The van der Waals surface area contributed by atoms with Gasteiger partial charge in [-0.15, -0.1) is 11.3 Å². The predicted molar refractivity (Wildman–Crippen MR) is 90.5 cm³/mol. The third-order valence-corrected chi connectivity index (χ3v) is 4.16. The van der Waals surface area contributed by atoms with Crippen molar-refractivity contribution in [3.63, 3.8) is 0 Å². The van der Waals surface area contributed by atoms with E-state index in [1.165, 1.54) is 11.3 Å². The van der Waals surface area contributed by atoms with Crippen molar-refractivity contribution in [2.75, 3.05) is 10.6 Å². The van der Waals surface area contributed by atoms with Crippen LogP contribution in [0, 0.1) is 13.8 Å². The number of primary amides is 1. The van der Waals surface area contributed by atoms with Crippen molar-refractivity contribution in [1.82, 2.24) is 0 Å². The van der Waals surface area contributed by atoms with E-state index in [2.05, 4.69) is 10.6 Å². The minimum Gasteiger partial charge on any atom is -0.374 e. The lowest BCUT2D eigenvalue weighted by Crippen LogP contribution is -2.32. The minimum absolute atomic E-state index is 0.217. The number of carbonyl (C=O) groups excluding carboxylic acids is 2. The number of carbonyl (C=O) groups is 2. The highest BCUT2D eigenvalue weighted by Gasteiger charge is 2.17. The zero-order valence-corrected chi connectivity index (χ0v) is 13.6. The Hall–Kier alpha value is -2.34. The number of nitrogens with two attached hydrogens (primary N) is 1. The van der Waals surface area contributed by atoms with Crippen LogP contribution in [-0.2, 0) is 4.79 Å². The van der Waals surface area contributed by atoms with Gasteiger partial charge in [-0.1, -0.05) is 12.1 Å². The Balaban J connectivity index is 2.08. The van der Waals surface area contributed by atoms with Crippen molar-refractivity contribution < 1.29 is 9.59 Å². The van der Waals surface area contributed by atoms with Crippen LogP contribution in [0.1, 0.15) is 28.4 Å². The highest BCUT2D eigenvalue weighted by molar-refractivity contribution is 7.14. The Labute approximate surface area is 133 Å². The van der Waals surface area contributed by atoms with E-state index in [0.29, 0.717) is 10.6 Å². The summed E-state index contributed by atoms with van der Waals surface area (Å²) in [5.74, 6) is -0.766. The topological polar surface area (TPSA) is 84.2 Å². The predicted octanol–water partition coefficient (Wildman–Crippen LogP) is 2.90. The van der Waals surface area contributed by atoms with Gasteiger partial charge in [0.05, 0.1) is 5.56 Å². The van der Waals surface area contributed by atoms with Gasteiger partial charge in [0.2, 0.25) is 5.91 Å². The maximum absolute atomic E-state index is 12.3. The fourth-order valence-corrected chi connectivity index (χ4v) is 2.81. The van der Waals surface area contributed by atoms with Crippen molar-refractivity contribution >= 4 is 33.8 Å². The van der Waals surface area contributed by atoms with Crippen LogP contribution in [0.3, 0.4) is 0 Å². The van der Waals surface area contributed by atoms with Crippen LogP contribution in [0.15, 0.2) is 29.6 Å². The molecule has 0 aliphatic rings. The van der Waals surface area contributed by atoms with Crippen LogP contribution in [0.4, 0.5) is 10.7 Å². The third-order valence-electron chi connectivity index (χ3n) is 3.33. The van der Waals surface area contributed by atoms with Gasteiger partial charge in [0.25, 0.3) is 5.91 Å². The summed E-state index contributed by atoms with van der Waals surface area (Å²) in [6, 6.07) is 7.19. The van der Waals surface area contributed by atoms with E-state index >= 15 is 0 Å². The summed E-state index contributed by atoms with van der Waals surface area (Å²) in [6.45, 7) is 5.76. The number of nitrogens with one attached hydrogen (secondary N) is 2. The van der Waals surface area contributed by atoms with Crippen molar-refractivity contribution in [1.29, 1.82) is 0 Å². The van der Waals surface area contributed by atoms with Crippen LogP contribution in [-0.4, -0.2) is 17.9 Å². The Morgan fingerprint density at radius 3 is 2.64 bits per heavy atom. The second-order valence-corrected chi connectivity index (χ2v) is 6.12. The number of rotatable bonds is 5. The minimum atomic E-state index is -0.549. The first-order valence-electron chi connectivity index (χ1n) is 6.90. The molecular formula is C16H19N3O2S. The molecule has 22 heavy (non-hydrogen) atoms. The summed E-state index contributed by atoms with van der Waals surface area (Å²) in [5, 5.41) is 8.13. The maximum Gasteiger partial charge on any atom is 0.251 e. The van der Waals surface area contributed by atoms with Crippen LogP contribution >= 0.6 is 11.3 Å². The van der Waals surface area contributed by atoms with Gasteiger partial charge >= 0.3 is 0 Å². The highest BCUT2D eigenvalue weighted by Crippen LogP contribution is 2.23. The molecule has 0 saturated carbocycles. The summed E-state index contributed by atoms with van der Waals surface area (Å²) < 4.78 is 0. The summed E-state index contributed by atoms with van der Waals surface area (Å²) in [6.07, 6.45) is 0. The van der Waals surface area contributed by atoms with Gasteiger partial charge in [-0.3, -0.25) is 9.59 Å². The van der Waals surface area contributed by atoms with Gasteiger partial charge in [0, 0.05) is 5.69 Å². The molecular weight excluding hydrogens is 298 g/mol. The molecule has 0 aliphatic heterocycles. The van der Waals surface area contributed by atoms with Crippen molar-refractivity contribution in [2.24, 2.45) is 5.73 Å². The van der Waals surface area contributed by atoms with Gasteiger partial charge < -0.3 is 16.4 Å². The van der Waals surface area contributed by atoms with E-state index in [9.17, 15) is 9.59 Å². The number of hydrogen-bond acceptors (Lipinski definition) is 4. The Bertz CT molecular complexity index is 709. The molecule has 2 aromatic rings. The van der Waals surface area contributed by atoms with Crippen molar-refractivity contribution in [3.8, 4) is 0 Å². The third kappa shape index (κ3) is 3.65. The first-order valence-corrected chi connectivity index (χ1v) is 7.78.